The van der Waals surface area contributed by atoms with E-state index in [1.807, 2.05) is 30.3 Å². The zero-order valence-electron chi connectivity index (χ0n) is 9.81. The molecule has 86 valence electrons. The van der Waals surface area contributed by atoms with Crippen molar-refractivity contribution in [2.75, 3.05) is 12.4 Å². The van der Waals surface area contributed by atoms with Gasteiger partial charge < -0.3 is 10.2 Å². The Labute approximate surface area is 103 Å². The third-order valence-corrected chi connectivity index (χ3v) is 3.65. The summed E-state index contributed by atoms with van der Waals surface area (Å²) < 4.78 is 0. The van der Waals surface area contributed by atoms with E-state index < -0.39 is 0 Å². The first-order valence-electron chi connectivity index (χ1n) is 5.77. The molecule has 3 heteroatoms. The van der Waals surface area contributed by atoms with Crippen LogP contribution in [0.25, 0.3) is 0 Å². The van der Waals surface area contributed by atoms with Gasteiger partial charge in [0.1, 0.15) is 0 Å². The van der Waals surface area contributed by atoms with E-state index in [1.165, 1.54) is 12.8 Å². The first-order valence-corrected chi connectivity index (χ1v) is 6.18. The average Bonchev–Trinajstić information content (AvgIpc) is 3.12. The second kappa shape index (κ2) is 4.83. The van der Waals surface area contributed by atoms with Crippen LogP contribution in [0.3, 0.4) is 0 Å². The minimum atomic E-state index is 0.545. The van der Waals surface area contributed by atoms with Crippen LogP contribution in [0.1, 0.15) is 19.8 Å². The number of hydrogen-bond donors (Lipinski definition) is 1. The van der Waals surface area contributed by atoms with Gasteiger partial charge in [-0.2, -0.15) is 0 Å². The van der Waals surface area contributed by atoms with E-state index in [4.69, 9.17) is 12.2 Å². The highest BCUT2D eigenvalue weighted by atomic mass is 32.1. The topological polar surface area (TPSA) is 15.3 Å². The van der Waals surface area contributed by atoms with Crippen LogP contribution in [-0.2, 0) is 0 Å². The summed E-state index contributed by atoms with van der Waals surface area (Å²) in [5.74, 6) is 0.834. The molecule has 2 nitrogen and oxygen atoms in total. The van der Waals surface area contributed by atoms with Crippen molar-refractivity contribution in [2.24, 2.45) is 5.92 Å². The number of anilines is 1. The second-order valence-corrected chi connectivity index (χ2v) is 4.87. The molecule has 1 N–H and O–H groups in total. The maximum atomic E-state index is 5.40. The Morgan fingerprint density at radius 2 is 2.00 bits per heavy atom. The summed E-state index contributed by atoms with van der Waals surface area (Å²) in [6.45, 7) is 2.25. The maximum Gasteiger partial charge on any atom is 0.173 e. The third kappa shape index (κ3) is 2.73. The molecule has 1 aromatic rings. The first kappa shape index (κ1) is 11.4. The SMILES string of the molecule is CC(C1CC1)N(C)C(=S)Nc1ccccc1. The van der Waals surface area contributed by atoms with Crippen molar-refractivity contribution in [3.05, 3.63) is 30.3 Å². The number of para-hydroxylation sites is 1. The lowest BCUT2D eigenvalue weighted by Gasteiger charge is -2.27. The van der Waals surface area contributed by atoms with Gasteiger partial charge in [0.05, 0.1) is 0 Å². The fourth-order valence-corrected chi connectivity index (χ4v) is 2.10. The summed E-state index contributed by atoms with van der Waals surface area (Å²) in [5.41, 5.74) is 1.06. The molecule has 0 bridgehead atoms. The van der Waals surface area contributed by atoms with Crippen LogP contribution in [0.5, 0.6) is 0 Å². The Kier molecular flexibility index (Phi) is 3.44. The van der Waals surface area contributed by atoms with Gasteiger partial charge in [0.25, 0.3) is 0 Å². The highest BCUT2D eigenvalue weighted by Gasteiger charge is 2.31. The zero-order valence-corrected chi connectivity index (χ0v) is 10.6. The molecule has 1 saturated carbocycles. The predicted octanol–water partition coefficient (Wildman–Crippen LogP) is 3.11. The molecule has 2 rings (SSSR count). The van der Waals surface area contributed by atoms with Gasteiger partial charge in [-0.3, -0.25) is 0 Å². The Hall–Kier alpha value is -1.09. The molecule has 0 aromatic heterocycles. The van der Waals surface area contributed by atoms with Crippen LogP contribution in [0.15, 0.2) is 30.3 Å². The number of hydrogen-bond acceptors (Lipinski definition) is 1. The predicted molar refractivity (Wildman–Crippen MR) is 72.6 cm³/mol. The van der Waals surface area contributed by atoms with Crippen molar-refractivity contribution in [1.82, 2.24) is 4.90 Å². The molecule has 0 heterocycles. The van der Waals surface area contributed by atoms with Gasteiger partial charge in [0.15, 0.2) is 5.11 Å². The van der Waals surface area contributed by atoms with E-state index in [9.17, 15) is 0 Å². The molecule has 0 amide bonds. The normalized spacial score (nSPS) is 16.6. The maximum absolute atomic E-state index is 5.40. The number of rotatable bonds is 3. The highest BCUT2D eigenvalue weighted by Crippen LogP contribution is 2.34. The van der Waals surface area contributed by atoms with Gasteiger partial charge in [-0.05, 0) is 50.0 Å². The van der Waals surface area contributed by atoms with Crippen LogP contribution in [-0.4, -0.2) is 23.1 Å². The van der Waals surface area contributed by atoms with Crippen LogP contribution in [0.4, 0.5) is 5.69 Å². The molecular formula is C13H18N2S. The van der Waals surface area contributed by atoms with Crippen molar-refractivity contribution in [1.29, 1.82) is 0 Å². The molecule has 1 fully saturated rings. The lowest BCUT2D eigenvalue weighted by Crippen LogP contribution is -2.39. The summed E-state index contributed by atoms with van der Waals surface area (Å²) in [6.07, 6.45) is 2.69. The number of thiocarbonyl (C=S) groups is 1. The van der Waals surface area contributed by atoms with E-state index in [1.54, 1.807) is 0 Å². The summed E-state index contributed by atoms with van der Waals surface area (Å²) >= 11 is 5.40. The van der Waals surface area contributed by atoms with Crippen molar-refractivity contribution < 1.29 is 0 Å². The fraction of sp³-hybridized carbons (Fsp3) is 0.462. The summed E-state index contributed by atoms with van der Waals surface area (Å²) in [4.78, 5) is 2.17. The molecule has 0 radical (unpaired) electrons. The van der Waals surface area contributed by atoms with Crippen molar-refractivity contribution in [2.45, 2.75) is 25.8 Å². The summed E-state index contributed by atoms with van der Waals surface area (Å²) in [6, 6.07) is 10.6. The molecule has 0 saturated heterocycles. The molecule has 16 heavy (non-hydrogen) atoms. The van der Waals surface area contributed by atoms with Gasteiger partial charge >= 0.3 is 0 Å². The van der Waals surface area contributed by atoms with E-state index in [-0.39, 0.29) is 0 Å². The van der Waals surface area contributed by atoms with E-state index in [0.717, 1.165) is 16.7 Å². The summed E-state index contributed by atoms with van der Waals surface area (Å²) in [7, 11) is 2.07. The largest absolute Gasteiger partial charge is 0.349 e. The number of benzene rings is 1. The van der Waals surface area contributed by atoms with Gasteiger partial charge in [0.2, 0.25) is 0 Å². The molecule has 0 spiro atoms. The molecule has 1 unspecified atom stereocenters. The van der Waals surface area contributed by atoms with Crippen molar-refractivity contribution >= 4 is 23.0 Å². The molecule has 1 aliphatic rings. The molecule has 0 aliphatic heterocycles. The Morgan fingerprint density at radius 1 is 1.38 bits per heavy atom. The molecular weight excluding hydrogens is 216 g/mol. The Bertz CT molecular complexity index is 359. The van der Waals surface area contributed by atoms with E-state index >= 15 is 0 Å². The van der Waals surface area contributed by atoms with Gasteiger partial charge in [-0.25, -0.2) is 0 Å². The smallest absolute Gasteiger partial charge is 0.173 e. The van der Waals surface area contributed by atoms with Crippen molar-refractivity contribution in [3.8, 4) is 0 Å². The van der Waals surface area contributed by atoms with E-state index in [2.05, 4.69) is 24.2 Å². The molecule has 1 aromatic carbocycles. The van der Waals surface area contributed by atoms with Crippen molar-refractivity contribution in [3.63, 3.8) is 0 Å². The minimum absolute atomic E-state index is 0.545. The number of nitrogens with one attached hydrogen (secondary N) is 1. The van der Waals surface area contributed by atoms with Crippen LogP contribution in [0.2, 0.25) is 0 Å². The van der Waals surface area contributed by atoms with Crippen LogP contribution in [0, 0.1) is 5.92 Å². The Morgan fingerprint density at radius 3 is 2.56 bits per heavy atom. The van der Waals surface area contributed by atoms with E-state index in [0.29, 0.717) is 6.04 Å². The van der Waals surface area contributed by atoms with Crippen LogP contribution < -0.4 is 5.32 Å². The average molecular weight is 234 g/mol. The highest BCUT2D eigenvalue weighted by molar-refractivity contribution is 7.80. The zero-order chi connectivity index (χ0) is 11.5. The van der Waals surface area contributed by atoms with Gasteiger partial charge in [0, 0.05) is 18.8 Å². The fourth-order valence-electron chi connectivity index (χ4n) is 1.81. The molecule has 1 aliphatic carbocycles. The third-order valence-electron chi connectivity index (χ3n) is 3.26. The second-order valence-electron chi connectivity index (χ2n) is 4.49. The lowest BCUT2D eigenvalue weighted by atomic mass is 10.2. The standard InChI is InChI=1S/C13H18N2S/c1-10(11-8-9-11)15(2)13(16)14-12-6-4-3-5-7-12/h3-7,10-11H,8-9H2,1-2H3,(H,14,16). The quantitative estimate of drug-likeness (QED) is 0.809. The number of nitrogens with zero attached hydrogens (tertiary/aromatic N) is 1. The minimum Gasteiger partial charge on any atom is -0.349 e. The van der Waals surface area contributed by atoms with Gasteiger partial charge in [-0.1, -0.05) is 18.2 Å². The van der Waals surface area contributed by atoms with Crippen LogP contribution >= 0.6 is 12.2 Å². The lowest BCUT2D eigenvalue weighted by molar-refractivity contribution is 0.358. The summed E-state index contributed by atoms with van der Waals surface area (Å²) in [5, 5.41) is 4.07. The molecule has 1 atom stereocenters. The Balaban J connectivity index is 1.92. The monoisotopic (exact) mass is 234 g/mol. The first-order chi connectivity index (χ1) is 7.68. The van der Waals surface area contributed by atoms with Gasteiger partial charge in [-0.15, -0.1) is 0 Å².